The van der Waals surface area contributed by atoms with E-state index in [0.29, 0.717) is 11.1 Å². The monoisotopic (exact) mass is 544 g/mol. The molecule has 1 fully saturated rings. The van der Waals surface area contributed by atoms with Crippen molar-refractivity contribution in [3.05, 3.63) is 58.4 Å². The molecule has 0 aliphatic carbocycles. The Labute approximate surface area is 221 Å². The minimum absolute atomic E-state index is 0.0539. The van der Waals surface area contributed by atoms with Crippen molar-refractivity contribution in [3.8, 4) is 22.6 Å². The van der Waals surface area contributed by atoms with Crippen LogP contribution in [0.2, 0.25) is 0 Å². The number of carbonyl (C=O) groups excluding carboxylic acids is 1. The maximum Gasteiger partial charge on any atom is 0.317 e. The Balaban J connectivity index is 1.63. The van der Waals surface area contributed by atoms with E-state index in [9.17, 15) is 34.8 Å². The molecule has 0 saturated carbocycles. The van der Waals surface area contributed by atoms with Gasteiger partial charge in [0, 0.05) is 6.07 Å². The molecule has 208 valence electrons. The van der Waals surface area contributed by atoms with Crippen molar-refractivity contribution in [2.45, 2.75) is 56.9 Å². The molecule has 39 heavy (non-hydrogen) atoms. The second-order valence-electron chi connectivity index (χ2n) is 9.45. The number of aliphatic hydroxyl groups is 3. The maximum atomic E-state index is 13.3. The SMILES string of the molecule is CC(C)c1cc2c(=O)c(-c3ccc(O)cc3)coc2cc1O[C@H]1O[C@@H](COC(=O)CC(=O)O)[C@H](O)[C@@H](O)[C@@H]1O. The molecule has 1 aliphatic rings. The van der Waals surface area contributed by atoms with Crippen molar-refractivity contribution >= 4 is 22.9 Å². The van der Waals surface area contributed by atoms with Crippen molar-refractivity contribution in [1.82, 2.24) is 0 Å². The fourth-order valence-electron chi connectivity index (χ4n) is 4.19. The van der Waals surface area contributed by atoms with E-state index in [1.54, 1.807) is 18.2 Å². The lowest BCUT2D eigenvalue weighted by molar-refractivity contribution is -0.278. The van der Waals surface area contributed by atoms with Crippen LogP contribution in [-0.4, -0.2) is 74.8 Å². The number of ether oxygens (including phenoxy) is 3. The predicted octanol–water partition coefficient (Wildman–Crippen LogP) is 1.49. The van der Waals surface area contributed by atoms with E-state index in [0.717, 1.165) is 0 Å². The molecule has 0 spiro atoms. The number of aliphatic hydroxyl groups excluding tert-OH is 3. The summed E-state index contributed by atoms with van der Waals surface area (Å²) < 4.78 is 22.0. The molecule has 4 rings (SSSR count). The van der Waals surface area contributed by atoms with E-state index in [1.807, 2.05) is 13.8 Å². The topological polar surface area (TPSA) is 193 Å². The van der Waals surface area contributed by atoms with Crippen LogP contribution in [0.15, 0.2) is 51.9 Å². The fraction of sp³-hybridized carbons (Fsp3) is 0.370. The fourth-order valence-corrected chi connectivity index (χ4v) is 4.19. The van der Waals surface area contributed by atoms with Gasteiger partial charge in [-0.15, -0.1) is 0 Å². The van der Waals surface area contributed by atoms with Gasteiger partial charge in [-0.1, -0.05) is 26.0 Å². The Morgan fingerprint density at radius 3 is 2.36 bits per heavy atom. The zero-order chi connectivity index (χ0) is 28.4. The van der Waals surface area contributed by atoms with Crippen LogP contribution in [0.4, 0.5) is 0 Å². The van der Waals surface area contributed by atoms with Crippen LogP contribution in [0.3, 0.4) is 0 Å². The van der Waals surface area contributed by atoms with Gasteiger partial charge in [-0.2, -0.15) is 0 Å². The number of phenols is 1. The summed E-state index contributed by atoms with van der Waals surface area (Å²) in [5.41, 5.74) is 1.25. The Morgan fingerprint density at radius 2 is 1.72 bits per heavy atom. The minimum atomic E-state index is -1.74. The third-order valence-corrected chi connectivity index (χ3v) is 6.32. The van der Waals surface area contributed by atoms with Crippen molar-refractivity contribution in [2.75, 3.05) is 6.61 Å². The molecule has 2 heterocycles. The van der Waals surface area contributed by atoms with E-state index in [2.05, 4.69) is 0 Å². The molecule has 12 heteroatoms. The lowest BCUT2D eigenvalue weighted by atomic mass is 9.97. The molecular weight excluding hydrogens is 516 g/mol. The van der Waals surface area contributed by atoms with Crippen molar-refractivity contribution < 1.29 is 53.7 Å². The van der Waals surface area contributed by atoms with Crippen LogP contribution in [0.5, 0.6) is 11.5 Å². The molecular formula is C27H28O12. The number of fused-ring (bicyclic) bond motifs is 1. The van der Waals surface area contributed by atoms with Gasteiger partial charge in [0.05, 0.1) is 10.9 Å². The highest BCUT2D eigenvalue weighted by Gasteiger charge is 2.45. The van der Waals surface area contributed by atoms with Crippen LogP contribution < -0.4 is 10.2 Å². The third-order valence-electron chi connectivity index (χ3n) is 6.32. The number of aromatic hydroxyl groups is 1. The first kappa shape index (κ1) is 28.0. The third kappa shape index (κ3) is 6.04. The van der Waals surface area contributed by atoms with Crippen molar-refractivity contribution in [1.29, 1.82) is 0 Å². The van der Waals surface area contributed by atoms with Crippen LogP contribution >= 0.6 is 0 Å². The van der Waals surface area contributed by atoms with Gasteiger partial charge in [0.25, 0.3) is 0 Å². The summed E-state index contributed by atoms with van der Waals surface area (Å²) in [4.78, 5) is 35.6. The number of carbonyl (C=O) groups is 2. The predicted molar refractivity (Wildman–Crippen MR) is 134 cm³/mol. The summed E-state index contributed by atoms with van der Waals surface area (Å²) >= 11 is 0. The van der Waals surface area contributed by atoms with Crippen LogP contribution in [0.1, 0.15) is 31.7 Å². The molecule has 3 aromatic rings. The molecule has 0 bridgehead atoms. The van der Waals surface area contributed by atoms with Crippen molar-refractivity contribution in [3.63, 3.8) is 0 Å². The first-order chi connectivity index (χ1) is 18.5. The Kier molecular flexibility index (Phi) is 8.21. The average molecular weight is 545 g/mol. The summed E-state index contributed by atoms with van der Waals surface area (Å²) in [6.07, 6.45) is -7.57. The highest BCUT2D eigenvalue weighted by Crippen LogP contribution is 2.34. The number of hydrogen-bond donors (Lipinski definition) is 5. The summed E-state index contributed by atoms with van der Waals surface area (Å²) in [5, 5.41) is 49.6. The molecule has 0 unspecified atom stereocenters. The Hall–Kier alpha value is -3.97. The van der Waals surface area contributed by atoms with E-state index in [4.69, 9.17) is 23.7 Å². The van der Waals surface area contributed by atoms with Crippen LogP contribution in [-0.2, 0) is 19.1 Å². The molecule has 1 aromatic heterocycles. The zero-order valence-electron chi connectivity index (χ0n) is 21.0. The second kappa shape index (κ2) is 11.4. The normalized spacial score (nSPS) is 23.1. The number of aliphatic carboxylic acids is 1. The van der Waals surface area contributed by atoms with Gasteiger partial charge in [-0.3, -0.25) is 14.4 Å². The number of rotatable bonds is 8. The number of benzene rings is 2. The average Bonchev–Trinajstić information content (AvgIpc) is 2.88. The molecule has 5 atom stereocenters. The van der Waals surface area contributed by atoms with Crippen LogP contribution in [0, 0.1) is 0 Å². The highest BCUT2D eigenvalue weighted by atomic mass is 16.7. The molecule has 12 nitrogen and oxygen atoms in total. The number of carboxylic acid groups (broad SMARTS) is 1. The second-order valence-corrected chi connectivity index (χ2v) is 9.45. The summed E-state index contributed by atoms with van der Waals surface area (Å²) in [5.74, 6) is -2.42. The number of phenolic OH excluding ortho intramolecular Hbond substituents is 1. The smallest absolute Gasteiger partial charge is 0.317 e. The summed E-state index contributed by atoms with van der Waals surface area (Å²) in [6, 6.07) is 9.13. The van der Waals surface area contributed by atoms with Gasteiger partial charge in [-0.05, 0) is 35.2 Å². The van der Waals surface area contributed by atoms with Gasteiger partial charge in [-0.25, -0.2) is 0 Å². The first-order valence-corrected chi connectivity index (χ1v) is 12.1. The van der Waals surface area contributed by atoms with Crippen molar-refractivity contribution in [2.24, 2.45) is 0 Å². The Morgan fingerprint density at radius 1 is 1.03 bits per heavy atom. The first-order valence-electron chi connectivity index (χ1n) is 12.1. The largest absolute Gasteiger partial charge is 0.508 e. The van der Waals surface area contributed by atoms with Crippen LogP contribution in [0.25, 0.3) is 22.1 Å². The molecule has 1 saturated heterocycles. The lowest BCUT2D eigenvalue weighted by Gasteiger charge is -2.40. The van der Waals surface area contributed by atoms with Gasteiger partial charge in [0.1, 0.15) is 60.8 Å². The lowest BCUT2D eigenvalue weighted by Crippen LogP contribution is -2.60. The van der Waals surface area contributed by atoms with Gasteiger partial charge >= 0.3 is 11.9 Å². The number of carboxylic acids is 1. The highest BCUT2D eigenvalue weighted by molar-refractivity contribution is 5.90. The molecule has 0 radical (unpaired) electrons. The number of hydrogen-bond acceptors (Lipinski definition) is 11. The quantitative estimate of drug-likeness (QED) is 0.203. The zero-order valence-corrected chi connectivity index (χ0v) is 21.0. The van der Waals surface area contributed by atoms with Gasteiger partial charge in [0.15, 0.2) is 0 Å². The Bertz CT molecular complexity index is 1410. The number of esters is 1. The van der Waals surface area contributed by atoms with E-state index in [-0.39, 0.29) is 39.4 Å². The van der Waals surface area contributed by atoms with E-state index in [1.165, 1.54) is 24.5 Å². The summed E-state index contributed by atoms with van der Waals surface area (Å²) in [7, 11) is 0. The summed E-state index contributed by atoms with van der Waals surface area (Å²) in [6.45, 7) is 3.10. The molecule has 0 amide bonds. The molecule has 2 aromatic carbocycles. The van der Waals surface area contributed by atoms with Gasteiger partial charge < -0.3 is 44.2 Å². The molecule has 5 N–H and O–H groups in total. The van der Waals surface area contributed by atoms with Gasteiger partial charge in [0.2, 0.25) is 11.7 Å². The maximum absolute atomic E-state index is 13.3. The van der Waals surface area contributed by atoms with E-state index >= 15 is 0 Å². The molecule has 1 aliphatic heterocycles. The minimum Gasteiger partial charge on any atom is -0.508 e. The van der Waals surface area contributed by atoms with E-state index < -0.39 is 55.7 Å². The standard InChI is InChI=1S/C27H28O12/c1-12(2)15-7-16-18(36-10-17(23(16)32)13-3-5-14(28)6-4-13)8-19(15)38-27-26(35)25(34)24(33)20(39-27)11-37-22(31)9-21(29)30/h3-8,10,12,20,24-28,33-35H,9,11H2,1-2H3,(H,29,30)/t20-,24-,25+,26-,27-/m0/s1.